The summed E-state index contributed by atoms with van der Waals surface area (Å²) >= 11 is 0. The lowest BCUT2D eigenvalue weighted by Crippen LogP contribution is -2.34. The fourth-order valence-electron chi connectivity index (χ4n) is 2.34. The van der Waals surface area contributed by atoms with E-state index < -0.39 is 0 Å². The topological polar surface area (TPSA) is 32.3 Å². The average molecular weight is 230 g/mol. The maximum atomic E-state index is 11.8. The van der Waals surface area contributed by atoms with E-state index in [9.17, 15) is 4.79 Å². The van der Waals surface area contributed by atoms with E-state index in [2.05, 4.69) is 32.7 Å². The largest absolute Gasteiger partial charge is 0.339 e. The zero-order chi connectivity index (χ0) is 12.9. The molecule has 0 bridgehead atoms. The lowest BCUT2D eigenvalue weighted by molar-refractivity contribution is -0.113. The van der Waals surface area contributed by atoms with Crippen LogP contribution in [0.4, 0.5) is 11.4 Å². The standard InChI is InChI=1S/C14H18N2O/c1-7-8(2)10(4)13-12(9(7)3)15-14(17)11(5)16(13)6/h5H2,1-4,6H3,(H,15,17). The molecule has 3 heteroatoms. The minimum Gasteiger partial charge on any atom is -0.339 e. The third-order valence-corrected chi connectivity index (χ3v) is 3.90. The first-order valence-corrected chi connectivity index (χ1v) is 5.70. The lowest BCUT2D eigenvalue weighted by atomic mass is 9.93. The predicted molar refractivity (Wildman–Crippen MR) is 71.6 cm³/mol. The molecule has 1 aliphatic rings. The second-order valence-corrected chi connectivity index (χ2v) is 4.68. The number of hydrogen-bond acceptors (Lipinski definition) is 2. The van der Waals surface area contributed by atoms with Crippen LogP contribution in [0.15, 0.2) is 12.3 Å². The highest BCUT2D eigenvalue weighted by Crippen LogP contribution is 2.41. The SMILES string of the molecule is C=C1C(=O)Nc2c(C)c(C)c(C)c(C)c2N1C. The van der Waals surface area contributed by atoms with Crippen molar-refractivity contribution in [3.05, 3.63) is 34.5 Å². The molecule has 1 heterocycles. The Morgan fingerprint density at radius 3 is 2.12 bits per heavy atom. The van der Waals surface area contributed by atoms with Crippen LogP contribution in [0.25, 0.3) is 0 Å². The zero-order valence-corrected chi connectivity index (χ0v) is 11.1. The van der Waals surface area contributed by atoms with Crippen LogP contribution in [-0.2, 0) is 4.79 Å². The number of rotatable bonds is 0. The van der Waals surface area contributed by atoms with Crippen molar-refractivity contribution in [1.82, 2.24) is 0 Å². The van der Waals surface area contributed by atoms with Crippen LogP contribution in [0.3, 0.4) is 0 Å². The van der Waals surface area contributed by atoms with Crippen molar-refractivity contribution in [2.24, 2.45) is 0 Å². The fourth-order valence-corrected chi connectivity index (χ4v) is 2.34. The van der Waals surface area contributed by atoms with Crippen LogP contribution in [-0.4, -0.2) is 13.0 Å². The summed E-state index contributed by atoms with van der Waals surface area (Å²) in [5, 5.41) is 2.94. The van der Waals surface area contributed by atoms with Crippen LogP contribution in [0.2, 0.25) is 0 Å². The second kappa shape index (κ2) is 3.62. The number of likely N-dealkylation sites (N-methyl/N-ethyl adjacent to an activating group) is 1. The van der Waals surface area contributed by atoms with Crippen molar-refractivity contribution in [3.63, 3.8) is 0 Å². The normalized spacial score (nSPS) is 14.8. The quantitative estimate of drug-likeness (QED) is 0.695. The highest BCUT2D eigenvalue weighted by molar-refractivity contribution is 6.12. The summed E-state index contributed by atoms with van der Waals surface area (Å²) in [7, 11) is 1.89. The summed E-state index contributed by atoms with van der Waals surface area (Å²) in [6.07, 6.45) is 0. The summed E-state index contributed by atoms with van der Waals surface area (Å²) in [5.74, 6) is -0.120. The van der Waals surface area contributed by atoms with Gasteiger partial charge in [-0.25, -0.2) is 0 Å². The van der Waals surface area contributed by atoms with E-state index >= 15 is 0 Å². The molecule has 1 aliphatic heterocycles. The summed E-state index contributed by atoms with van der Waals surface area (Å²) in [6.45, 7) is 12.1. The van der Waals surface area contributed by atoms with Gasteiger partial charge in [-0.3, -0.25) is 4.79 Å². The van der Waals surface area contributed by atoms with E-state index in [-0.39, 0.29) is 5.91 Å². The molecule has 2 rings (SSSR count). The molecule has 17 heavy (non-hydrogen) atoms. The third kappa shape index (κ3) is 1.46. The highest BCUT2D eigenvalue weighted by Gasteiger charge is 2.27. The van der Waals surface area contributed by atoms with Gasteiger partial charge in [-0.2, -0.15) is 0 Å². The molecule has 0 aromatic heterocycles. The number of nitrogens with one attached hydrogen (secondary N) is 1. The molecule has 0 aliphatic carbocycles. The number of amides is 1. The molecule has 1 aromatic carbocycles. The molecular weight excluding hydrogens is 212 g/mol. The number of fused-ring (bicyclic) bond motifs is 1. The molecule has 1 N–H and O–H groups in total. The van der Waals surface area contributed by atoms with Crippen LogP contribution < -0.4 is 10.2 Å². The van der Waals surface area contributed by atoms with E-state index in [0.29, 0.717) is 5.70 Å². The Morgan fingerprint density at radius 1 is 1.00 bits per heavy atom. The fraction of sp³-hybridized carbons (Fsp3) is 0.357. The van der Waals surface area contributed by atoms with E-state index in [1.54, 1.807) is 0 Å². The van der Waals surface area contributed by atoms with Gasteiger partial charge in [0.15, 0.2) is 0 Å². The van der Waals surface area contributed by atoms with Gasteiger partial charge >= 0.3 is 0 Å². The Morgan fingerprint density at radius 2 is 1.53 bits per heavy atom. The lowest BCUT2D eigenvalue weighted by Gasteiger charge is -2.33. The molecule has 0 radical (unpaired) electrons. The summed E-state index contributed by atoms with van der Waals surface area (Å²) < 4.78 is 0. The number of nitrogens with zero attached hydrogens (tertiary/aromatic N) is 1. The molecule has 0 saturated heterocycles. The van der Waals surface area contributed by atoms with Crippen LogP contribution in [0.5, 0.6) is 0 Å². The van der Waals surface area contributed by atoms with Gasteiger partial charge in [0.25, 0.3) is 5.91 Å². The van der Waals surface area contributed by atoms with Gasteiger partial charge in [0.2, 0.25) is 0 Å². The molecule has 0 fully saturated rings. The summed E-state index contributed by atoms with van der Waals surface area (Å²) in [6, 6.07) is 0. The molecule has 0 saturated carbocycles. The van der Waals surface area contributed by atoms with Crippen molar-refractivity contribution in [1.29, 1.82) is 0 Å². The minimum atomic E-state index is -0.120. The van der Waals surface area contributed by atoms with Gasteiger partial charge in [0.1, 0.15) is 0 Å². The van der Waals surface area contributed by atoms with E-state index in [4.69, 9.17) is 0 Å². The Balaban J connectivity index is 2.81. The predicted octanol–water partition coefficient (Wildman–Crippen LogP) is 2.82. The Bertz CT molecular complexity index is 544. The van der Waals surface area contributed by atoms with E-state index in [0.717, 1.165) is 16.9 Å². The monoisotopic (exact) mass is 230 g/mol. The second-order valence-electron chi connectivity index (χ2n) is 4.68. The molecule has 0 unspecified atom stereocenters. The van der Waals surface area contributed by atoms with Crippen molar-refractivity contribution in [2.45, 2.75) is 27.7 Å². The minimum absolute atomic E-state index is 0.120. The van der Waals surface area contributed by atoms with Gasteiger partial charge in [0, 0.05) is 7.05 Å². The van der Waals surface area contributed by atoms with Crippen LogP contribution in [0, 0.1) is 27.7 Å². The number of anilines is 2. The first-order chi connectivity index (χ1) is 7.86. The molecule has 0 atom stereocenters. The van der Waals surface area contributed by atoms with E-state index in [1.165, 1.54) is 16.7 Å². The Kier molecular flexibility index (Phi) is 2.49. The number of hydrogen-bond donors (Lipinski definition) is 1. The molecule has 0 spiro atoms. The number of benzene rings is 1. The zero-order valence-electron chi connectivity index (χ0n) is 11.1. The molecular formula is C14H18N2O. The maximum Gasteiger partial charge on any atom is 0.271 e. The molecule has 3 nitrogen and oxygen atoms in total. The number of carbonyl (C=O) groups excluding carboxylic acids is 1. The average Bonchev–Trinajstić information content (AvgIpc) is 2.30. The third-order valence-electron chi connectivity index (χ3n) is 3.90. The molecule has 90 valence electrons. The van der Waals surface area contributed by atoms with Gasteiger partial charge < -0.3 is 10.2 Å². The van der Waals surface area contributed by atoms with Gasteiger partial charge in [-0.05, 0) is 49.9 Å². The summed E-state index contributed by atoms with van der Waals surface area (Å²) in [5.41, 5.74) is 7.33. The Labute approximate surface area is 102 Å². The molecule has 1 amide bonds. The van der Waals surface area contributed by atoms with E-state index in [1.807, 2.05) is 18.9 Å². The number of carbonyl (C=O) groups is 1. The smallest absolute Gasteiger partial charge is 0.271 e. The van der Waals surface area contributed by atoms with Crippen molar-refractivity contribution in [2.75, 3.05) is 17.3 Å². The highest BCUT2D eigenvalue weighted by atomic mass is 16.2. The Hall–Kier alpha value is -1.77. The first-order valence-electron chi connectivity index (χ1n) is 5.70. The van der Waals surface area contributed by atoms with Crippen molar-refractivity contribution < 1.29 is 4.79 Å². The van der Waals surface area contributed by atoms with Crippen LogP contribution >= 0.6 is 0 Å². The van der Waals surface area contributed by atoms with Gasteiger partial charge in [0.05, 0.1) is 17.1 Å². The van der Waals surface area contributed by atoms with Gasteiger partial charge in [-0.1, -0.05) is 6.58 Å². The molecule has 1 aromatic rings. The van der Waals surface area contributed by atoms with Crippen molar-refractivity contribution >= 4 is 17.3 Å². The first kappa shape index (κ1) is 11.7. The maximum absolute atomic E-state index is 11.8. The van der Waals surface area contributed by atoms with Crippen LogP contribution in [0.1, 0.15) is 22.3 Å². The summed E-state index contributed by atoms with van der Waals surface area (Å²) in [4.78, 5) is 13.7. The van der Waals surface area contributed by atoms with Gasteiger partial charge in [-0.15, -0.1) is 0 Å². The van der Waals surface area contributed by atoms with Crippen molar-refractivity contribution in [3.8, 4) is 0 Å².